The number of nitrogens with one attached hydrogen (secondary N) is 1. The molecule has 3 nitrogen and oxygen atoms in total. The van der Waals surface area contributed by atoms with Crippen LogP contribution in [0.15, 0.2) is 22.5 Å². The van der Waals surface area contributed by atoms with Crippen LogP contribution in [0.5, 0.6) is 0 Å². The van der Waals surface area contributed by atoms with Crippen LogP contribution in [-0.2, 0) is 6.42 Å². The van der Waals surface area contributed by atoms with Gasteiger partial charge in [-0.1, -0.05) is 13.0 Å². The molecule has 0 spiro atoms. The summed E-state index contributed by atoms with van der Waals surface area (Å²) in [6, 6.07) is 3.71. The Bertz CT molecular complexity index is 597. The normalized spacial score (nSPS) is 11.1. The van der Waals surface area contributed by atoms with Crippen LogP contribution in [0.25, 0.3) is 0 Å². The Morgan fingerprint density at radius 3 is 2.89 bits per heavy atom. The summed E-state index contributed by atoms with van der Waals surface area (Å²) in [6.07, 6.45) is 2.77. The van der Waals surface area contributed by atoms with Crippen LogP contribution in [0.2, 0.25) is 0 Å². The van der Waals surface area contributed by atoms with E-state index in [1.165, 1.54) is 21.8 Å². The molecule has 1 amide bonds. The first kappa shape index (κ1) is 14.0. The van der Waals surface area contributed by atoms with Crippen LogP contribution in [0.3, 0.4) is 0 Å². The van der Waals surface area contributed by atoms with Crippen LogP contribution in [0.4, 0.5) is 5.00 Å². The Morgan fingerprint density at radius 1 is 1.53 bits per heavy atom. The fraction of sp³-hybridized carbons (Fsp3) is 0.286. The van der Waals surface area contributed by atoms with Crippen molar-refractivity contribution in [1.29, 1.82) is 0 Å². The zero-order valence-electron chi connectivity index (χ0n) is 11.2. The minimum Gasteiger partial charge on any atom is -0.312 e. The van der Waals surface area contributed by atoms with Crippen molar-refractivity contribution in [2.75, 3.05) is 12.4 Å². The van der Waals surface area contributed by atoms with Crippen molar-refractivity contribution >= 4 is 39.8 Å². The Morgan fingerprint density at radius 2 is 2.32 bits per heavy atom. The van der Waals surface area contributed by atoms with Gasteiger partial charge in [0.15, 0.2) is 0 Å². The molecule has 2 rings (SSSR count). The molecule has 0 radical (unpaired) electrons. The van der Waals surface area contributed by atoms with E-state index in [0.717, 1.165) is 21.9 Å². The van der Waals surface area contributed by atoms with Gasteiger partial charge in [-0.2, -0.15) is 0 Å². The minimum atomic E-state index is -0.0512. The van der Waals surface area contributed by atoms with E-state index in [1.54, 1.807) is 18.4 Å². The van der Waals surface area contributed by atoms with Crippen molar-refractivity contribution in [2.24, 2.45) is 4.99 Å². The molecule has 0 fully saturated rings. The highest BCUT2D eigenvalue weighted by Gasteiger charge is 2.16. The van der Waals surface area contributed by atoms with Gasteiger partial charge in [0.2, 0.25) is 0 Å². The molecule has 1 N–H and O–H groups in total. The largest absolute Gasteiger partial charge is 0.312 e. The second kappa shape index (κ2) is 6.12. The summed E-state index contributed by atoms with van der Waals surface area (Å²) in [5, 5.41) is 5.78. The van der Waals surface area contributed by atoms with E-state index in [0.29, 0.717) is 0 Å². The summed E-state index contributed by atoms with van der Waals surface area (Å²) in [4.78, 5) is 18.2. The molecule has 0 aliphatic carbocycles. The molecule has 0 unspecified atom stereocenters. The highest BCUT2D eigenvalue weighted by molar-refractivity contribution is 7.17. The van der Waals surface area contributed by atoms with Gasteiger partial charge in [0, 0.05) is 23.7 Å². The quantitative estimate of drug-likeness (QED) is 0.851. The number of aryl methyl sites for hydroxylation is 1. The first-order chi connectivity index (χ1) is 9.17. The highest BCUT2D eigenvalue weighted by Crippen LogP contribution is 2.32. The van der Waals surface area contributed by atoms with Crippen molar-refractivity contribution < 1.29 is 4.79 Å². The van der Waals surface area contributed by atoms with Crippen molar-refractivity contribution in [2.45, 2.75) is 20.3 Å². The number of hydrogen-bond acceptors (Lipinski definition) is 4. The number of carbonyl (C=O) groups is 1. The van der Waals surface area contributed by atoms with E-state index in [9.17, 15) is 4.79 Å². The van der Waals surface area contributed by atoms with Gasteiger partial charge in [-0.25, -0.2) is 0 Å². The highest BCUT2D eigenvalue weighted by atomic mass is 32.1. The average molecular weight is 292 g/mol. The van der Waals surface area contributed by atoms with Crippen molar-refractivity contribution in [3.8, 4) is 0 Å². The number of carbonyl (C=O) groups excluding carboxylic acids is 1. The maximum Gasteiger partial charge on any atom is 0.266 e. The molecule has 19 heavy (non-hydrogen) atoms. The third kappa shape index (κ3) is 2.93. The third-order valence-corrected chi connectivity index (χ3v) is 4.78. The Balaban J connectivity index is 2.32. The SMILES string of the molecule is CCc1c(C)sc(NC(=O)c2cccs2)c1C=NC. The van der Waals surface area contributed by atoms with E-state index in [-0.39, 0.29) is 5.91 Å². The van der Waals surface area contributed by atoms with Crippen molar-refractivity contribution in [3.05, 3.63) is 38.4 Å². The molecule has 0 saturated carbocycles. The lowest BCUT2D eigenvalue weighted by molar-refractivity contribution is 0.103. The maximum atomic E-state index is 12.1. The van der Waals surface area contributed by atoms with E-state index < -0.39 is 0 Å². The average Bonchev–Trinajstić information content (AvgIpc) is 2.99. The van der Waals surface area contributed by atoms with E-state index in [2.05, 4.69) is 24.2 Å². The van der Waals surface area contributed by atoms with Crippen molar-refractivity contribution in [3.63, 3.8) is 0 Å². The summed E-state index contributed by atoms with van der Waals surface area (Å²) in [7, 11) is 1.75. The maximum absolute atomic E-state index is 12.1. The second-order valence-corrected chi connectivity index (χ2v) is 6.22. The number of aliphatic imine (C=N–C) groups is 1. The Labute approximate surface area is 121 Å². The van der Waals surface area contributed by atoms with Crippen molar-refractivity contribution in [1.82, 2.24) is 0 Å². The fourth-order valence-electron chi connectivity index (χ4n) is 1.97. The lowest BCUT2D eigenvalue weighted by Gasteiger charge is -2.03. The van der Waals surface area contributed by atoms with E-state index in [4.69, 9.17) is 0 Å². The second-order valence-electron chi connectivity index (χ2n) is 4.05. The van der Waals surface area contributed by atoms with Crippen LogP contribution in [-0.4, -0.2) is 19.2 Å². The summed E-state index contributed by atoms with van der Waals surface area (Å²) in [6.45, 7) is 4.20. The number of hydrogen-bond donors (Lipinski definition) is 1. The van der Waals surface area contributed by atoms with Gasteiger partial charge in [0.1, 0.15) is 5.00 Å². The number of anilines is 1. The molecule has 0 aliphatic heterocycles. The van der Waals surface area contributed by atoms with Gasteiger partial charge in [0.05, 0.1) is 4.88 Å². The molecule has 2 aromatic rings. The Hall–Kier alpha value is -1.46. The smallest absolute Gasteiger partial charge is 0.266 e. The van der Waals surface area contributed by atoms with Gasteiger partial charge < -0.3 is 5.32 Å². The zero-order valence-corrected chi connectivity index (χ0v) is 12.8. The van der Waals surface area contributed by atoms with Gasteiger partial charge in [-0.15, -0.1) is 22.7 Å². The standard InChI is InChI=1S/C14H16N2OS2/c1-4-10-9(2)19-14(11(10)8-15-3)16-13(17)12-6-5-7-18-12/h5-8H,4H2,1-3H3,(H,16,17). The first-order valence-corrected chi connectivity index (χ1v) is 7.76. The summed E-state index contributed by atoms with van der Waals surface area (Å²) >= 11 is 3.06. The van der Waals surface area contributed by atoms with Crippen LogP contribution < -0.4 is 5.32 Å². The number of nitrogens with zero attached hydrogens (tertiary/aromatic N) is 1. The molecule has 0 aromatic carbocycles. The van der Waals surface area contributed by atoms with E-state index >= 15 is 0 Å². The van der Waals surface area contributed by atoms with Crippen LogP contribution in [0.1, 0.15) is 32.6 Å². The lowest BCUT2D eigenvalue weighted by Crippen LogP contribution is -2.10. The molecule has 0 bridgehead atoms. The van der Waals surface area contributed by atoms with Crippen LogP contribution in [0, 0.1) is 6.92 Å². The molecule has 0 aliphatic rings. The number of thiophene rings is 2. The van der Waals surface area contributed by atoms with Gasteiger partial charge in [0.25, 0.3) is 5.91 Å². The molecule has 0 saturated heterocycles. The summed E-state index contributed by atoms with van der Waals surface area (Å²) < 4.78 is 0. The molecule has 5 heteroatoms. The van der Waals surface area contributed by atoms with Gasteiger partial charge in [-0.3, -0.25) is 9.79 Å². The predicted molar refractivity (Wildman–Crippen MR) is 84.2 cm³/mol. The predicted octanol–water partition coefficient (Wildman–Crippen LogP) is 3.98. The van der Waals surface area contributed by atoms with Crippen LogP contribution >= 0.6 is 22.7 Å². The topological polar surface area (TPSA) is 41.5 Å². The summed E-state index contributed by atoms with van der Waals surface area (Å²) in [5.74, 6) is -0.0512. The minimum absolute atomic E-state index is 0.0512. The third-order valence-electron chi connectivity index (χ3n) is 2.83. The first-order valence-electron chi connectivity index (χ1n) is 6.06. The molecule has 2 aromatic heterocycles. The molecule has 0 atom stereocenters. The zero-order chi connectivity index (χ0) is 13.8. The molecule has 100 valence electrons. The number of rotatable bonds is 4. The lowest BCUT2D eigenvalue weighted by atomic mass is 10.1. The molecule has 2 heterocycles. The van der Waals surface area contributed by atoms with Gasteiger partial charge >= 0.3 is 0 Å². The Kier molecular flexibility index (Phi) is 4.50. The fourth-order valence-corrected chi connectivity index (χ4v) is 3.70. The van der Waals surface area contributed by atoms with E-state index in [1.807, 2.05) is 23.7 Å². The summed E-state index contributed by atoms with van der Waals surface area (Å²) in [5.41, 5.74) is 2.30. The monoisotopic (exact) mass is 292 g/mol. The van der Waals surface area contributed by atoms with Gasteiger partial charge in [-0.05, 0) is 30.4 Å². The number of amides is 1. The molecular weight excluding hydrogens is 276 g/mol. The molecular formula is C14H16N2OS2.